The molecule has 0 N–H and O–H groups in total. The average molecular weight is 559 g/mol. The van der Waals surface area contributed by atoms with Gasteiger partial charge in [-0.25, -0.2) is 0 Å². The van der Waals surface area contributed by atoms with Crippen molar-refractivity contribution >= 4 is 62.0 Å². The van der Waals surface area contributed by atoms with Crippen LogP contribution in [0.25, 0.3) is 0 Å². The second kappa shape index (κ2) is 22.6. The summed E-state index contributed by atoms with van der Waals surface area (Å²) in [7, 11) is -8.24. The van der Waals surface area contributed by atoms with Crippen LogP contribution in [0.3, 0.4) is 0 Å². The van der Waals surface area contributed by atoms with E-state index in [1.165, 1.54) is 0 Å². The summed E-state index contributed by atoms with van der Waals surface area (Å²) in [6.45, 7) is 0.243. The van der Waals surface area contributed by atoms with Crippen molar-refractivity contribution in [2.45, 2.75) is 25.7 Å². The van der Waals surface area contributed by atoms with E-state index in [4.69, 9.17) is 46.4 Å². The predicted molar refractivity (Wildman–Crippen MR) is 100 cm³/mol. The van der Waals surface area contributed by atoms with Gasteiger partial charge in [-0.05, 0) is 25.7 Å². The Bertz CT molecular complexity index is 348. The van der Waals surface area contributed by atoms with Crippen LogP contribution in [0.4, 0.5) is 0 Å². The first kappa shape index (κ1) is 33.5. The normalized spacial score (nSPS) is 11.5. The van der Waals surface area contributed by atoms with Crippen LogP contribution in [0, 0.1) is 0 Å². The van der Waals surface area contributed by atoms with Gasteiger partial charge in [0.2, 0.25) is 0 Å². The van der Waals surface area contributed by atoms with Crippen molar-refractivity contribution in [3.8, 4) is 0 Å². The maximum atomic E-state index is 10.9. The molecular formula is C12H24Cl4NiO8P2. The Morgan fingerprint density at radius 2 is 0.741 bits per heavy atom. The molecule has 0 rings (SSSR count). The van der Waals surface area contributed by atoms with Gasteiger partial charge >= 0.3 is 16.5 Å². The van der Waals surface area contributed by atoms with Crippen molar-refractivity contribution in [1.29, 1.82) is 0 Å². The number of rotatable bonds is 16. The van der Waals surface area contributed by atoms with E-state index in [0.29, 0.717) is 49.2 Å². The molecule has 0 radical (unpaired) electrons. The minimum Gasteiger partial charge on any atom is -0.756 e. The first-order chi connectivity index (χ1) is 12.2. The van der Waals surface area contributed by atoms with Gasteiger partial charge in [-0.2, -0.15) is 0 Å². The summed E-state index contributed by atoms with van der Waals surface area (Å²) in [6, 6.07) is 0. The molecule has 0 heterocycles. The summed E-state index contributed by atoms with van der Waals surface area (Å²) in [6.07, 6.45) is 1.92. The molecule has 0 aromatic carbocycles. The quantitative estimate of drug-likeness (QED) is 0.122. The van der Waals surface area contributed by atoms with Gasteiger partial charge in [-0.1, -0.05) is 0 Å². The third-order valence-corrected chi connectivity index (χ3v) is 5.17. The van der Waals surface area contributed by atoms with Crippen LogP contribution in [-0.2, 0) is 43.7 Å². The second-order valence-electron chi connectivity index (χ2n) is 4.40. The Morgan fingerprint density at radius 3 is 0.889 bits per heavy atom. The Labute approximate surface area is 190 Å². The van der Waals surface area contributed by atoms with E-state index in [1.54, 1.807) is 0 Å². The summed E-state index contributed by atoms with van der Waals surface area (Å²) >= 11 is 21.3. The molecule has 0 saturated heterocycles. The monoisotopic (exact) mass is 556 g/mol. The van der Waals surface area contributed by atoms with Crippen LogP contribution < -0.4 is 9.79 Å². The van der Waals surface area contributed by atoms with Gasteiger partial charge in [0, 0.05) is 23.5 Å². The second-order valence-corrected chi connectivity index (χ2v) is 8.73. The summed E-state index contributed by atoms with van der Waals surface area (Å²) in [5.41, 5.74) is 0. The topological polar surface area (TPSA) is 117 Å². The number of phosphoric ester groups is 2. The van der Waals surface area contributed by atoms with Gasteiger partial charge in [0.15, 0.2) is 0 Å². The van der Waals surface area contributed by atoms with E-state index in [2.05, 4.69) is 18.1 Å². The maximum absolute atomic E-state index is 10.9. The van der Waals surface area contributed by atoms with Gasteiger partial charge in [0.05, 0.1) is 26.4 Å². The number of phosphoric acid groups is 2. The molecule has 0 atom stereocenters. The average Bonchev–Trinajstić information content (AvgIpc) is 2.56. The SMILES string of the molecule is O=P([O-])(OCCCCl)OCCCCl.O=P([O-])(OCCCCl)OCCCCl.[Ni+2]. The first-order valence-corrected chi connectivity index (χ1v) is 12.7. The Balaban J connectivity index is -0.000000411. The fourth-order valence-electron chi connectivity index (χ4n) is 0.998. The number of halogens is 4. The third kappa shape index (κ3) is 27.9. The molecule has 0 spiro atoms. The van der Waals surface area contributed by atoms with Crippen molar-refractivity contribution in [1.82, 2.24) is 0 Å². The molecule has 15 heteroatoms. The van der Waals surface area contributed by atoms with E-state index in [-0.39, 0.29) is 42.9 Å². The van der Waals surface area contributed by atoms with Gasteiger partial charge < -0.3 is 27.9 Å². The van der Waals surface area contributed by atoms with Crippen LogP contribution in [0.1, 0.15) is 25.7 Å². The molecular weight excluding hydrogens is 535 g/mol. The van der Waals surface area contributed by atoms with Crippen molar-refractivity contribution < 1.29 is 53.5 Å². The predicted octanol–water partition coefficient (Wildman–Crippen LogP) is 3.49. The molecule has 8 nitrogen and oxygen atoms in total. The van der Waals surface area contributed by atoms with E-state index in [9.17, 15) is 18.9 Å². The molecule has 0 aliphatic rings. The number of alkyl halides is 4. The molecule has 0 aromatic rings. The molecule has 0 aromatic heterocycles. The minimum absolute atomic E-state index is 0. The molecule has 0 saturated carbocycles. The third-order valence-electron chi connectivity index (χ3n) is 2.11. The number of hydrogen-bond donors (Lipinski definition) is 0. The van der Waals surface area contributed by atoms with E-state index >= 15 is 0 Å². The largest absolute Gasteiger partial charge is 2.00 e. The van der Waals surface area contributed by atoms with Crippen LogP contribution in [0.2, 0.25) is 0 Å². The fraction of sp³-hybridized carbons (Fsp3) is 1.00. The van der Waals surface area contributed by atoms with Crippen molar-refractivity contribution in [2.75, 3.05) is 49.9 Å². The summed E-state index contributed by atoms with van der Waals surface area (Å²) in [4.78, 5) is 21.8. The van der Waals surface area contributed by atoms with Gasteiger partial charge in [0.25, 0.3) is 15.6 Å². The molecule has 0 bridgehead atoms. The minimum atomic E-state index is -4.12. The molecule has 0 amide bonds. The van der Waals surface area contributed by atoms with Gasteiger partial charge in [-0.15, -0.1) is 46.4 Å². The van der Waals surface area contributed by atoms with E-state index < -0.39 is 15.6 Å². The summed E-state index contributed by atoms with van der Waals surface area (Å²) in [5.74, 6) is 1.45. The molecule has 0 fully saturated rings. The molecule has 168 valence electrons. The summed E-state index contributed by atoms with van der Waals surface area (Å²) in [5, 5.41) is 0. The number of hydrogen-bond acceptors (Lipinski definition) is 8. The zero-order valence-electron chi connectivity index (χ0n) is 14.5. The molecule has 0 unspecified atom stereocenters. The van der Waals surface area contributed by atoms with Crippen LogP contribution in [-0.4, -0.2) is 49.9 Å². The molecule has 0 aliphatic carbocycles. The zero-order chi connectivity index (χ0) is 20.3. The molecule has 0 aliphatic heterocycles. The van der Waals surface area contributed by atoms with Crippen LogP contribution in [0.5, 0.6) is 0 Å². The van der Waals surface area contributed by atoms with Gasteiger partial charge in [-0.3, -0.25) is 9.13 Å². The van der Waals surface area contributed by atoms with Crippen LogP contribution in [0.15, 0.2) is 0 Å². The van der Waals surface area contributed by atoms with Crippen molar-refractivity contribution in [3.63, 3.8) is 0 Å². The Morgan fingerprint density at radius 1 is 0.556 bits per heavy atom. The maximum Gasteiger partial charge on any atom is 2.00 e. The van der Waals surface area contributed by atoms with E-state index in [1.807, 2.05) is 0 Å². The summed E-state index contributed by atoms with van der Waals surface area (Å²) < 4.78 is 39.6. The van der Waals surface area contributed by atoms with E-state index in [0.717, 1.165) is 0 Å². The van der Waals surface area contributed by atoms with Gasteiger partial charge in [0.1, 0.15) is 0 Å². The zero-order valence-corrected chi connectivity index (χ0v) is 20.3. The smallest absolute Gasteiger partial charge is 0.756 e. The first-order valence-electron chi connectivity index (χ1n) is 7.68. The molecule has 27 heavy (non-hydrogen) atoms. The Hall–Kier alpha value is 1.87. The fourth-order valence-corrected chi connectivity index (χ4v) is 2.99. The standard InChI is InChI=1S/2C6H13Cl2O4P.Ni/c2*7-3-1-5-11-13(9,10)12-6-2-4-8;/h2*1-6H2,(H,9,10);/q;;+2/p-2. The Kier molecular flexibility index (Phi) is 28.0. The van der Waals surface area contributed by atoms with Crippen molar-refractivity contribution in [3.05, 3.63) is 0 Å². The van der Waals surface area contributed by atoms with Crippen molar-refractivity contribution in [2.24, 2.45) is 0 Å². The van der Waals surface area contributed by atoms with Crippen LogP contribution >= 0.6 is 62.0 Å².